The maximum atomic E-state index is 11.8. The van der Waals surface area contributed by atoms with Crippen molar-refractivity contribution in [1.29, 1.82) is 5.26 Å². The summed E-state index contributed by atoms with van der Waals surface area (Å²) >= 11 is 0. The monoisotopic (exact) mass is 260 g/mol. The molecule has 0 aliphatic rings. The van der Waals surface area contributed by atoms with Crippen molar-refractivity contribution >= 4 is 11.6 Å². The summed E-state index contributed by atoms with van der Waals surface area (Å²) in [7, 11) is 1.51. The lowest BCUT2D eigenvalue weighted by molar-refractivity contribution is 0.0519. The van der Waals surface area contributed by atoms with Crippen molar-refractivity contribution in [3.8, 4) is 6.07 Å². The Hall–Kier alpha value is -2.46. The highest BCUT2D eigenvalue weighted by Gasteiger charge is 2.18. The Bertz CT molecular complexity index is 657. The molecule has 0 aliphatic carbocycles. The highest BCUT2D eigenvalue weighted by atomic mass is 16.5. The van der Waals surface area contributed by atoms with E-state index in [0.29, 0.717) is 16.9 Å². The highest BCUT2D eigenvalue weighted by Crippen LogP contribution is 2.15. The van der Waals surface area contributed by atoms with Crippen LogP contribution >= 0.6 is 0 Å². The van der Waals surface area contributed by atoms with Gasteiger partial charge in [-0.3, -0.25) is 0 Å². The molecule has 2 aromatic heterocycles. The summed E-state index contributed by atoms with van der Waals surface area (Å²) in [4.78, 5) is 15.9. The molecule has 0 aromatic carbocycles. The predicted molar refractivity (Wildman–Crippen MR) is 64.4 cm³/mol. The average molecular weight is 260 g/mol. The van der Waals surface area contributed by atoms with Gasteiger partial charge in [-0.25, -0.2) is 14.3 Å². The van der Waals surface area contributed by atoms with E-state index in [1.165, 1.54) is 24.0 Å². The first-order valence-electron chi connectivity index (χ1n) is 5.64. The molecule has 2 aromatic rings. The zero-order chi connectivity index (χ0) is 13.8. The van der Waals surface area contributed by atoms with Gasteiger partial charge in [0.15, 0.2) is 5.65 Å². The number of hydrogen-bond acceptors (Lipinski definition) is 6. The lowest BCUT2D eigenvalue weighted by atomic mass is 10.2. The van der Waals surface area contributed by atoms with Crippen LogP contribution in [0.4, 0.5) is 0 Å². The second-order valence-electron chi connectivity index (χ2n) is 3.68. The number of aromatic nitrogens is 3. The first-order chi connectivity index (χ1) is 9.22. The van der Waals surface area contributed by atoms with E-state index in [4.69, 9.17) is 14.7 Å². The van der Waals surface area contributed by atoms with Gasteiger partial charge in [-0.15, -0.1) is 0 Å². The largest absolute Gasteiger partial charge is 0.462 e. The topological polar surface area (TPSA) is 89.5 Å². The number of carbonyl (C=O) groups is 1. The summed E-state index contributed by atoms with van der Waals surface area (Å²) < 4.78 is 11.4. The Kier molecular flexibility index (Phi) is 3.73. The molecule has 0 saturated heterocycles. The smallest absolute Gasteiger partial charge is 0.341 e. The van der Waals surface area contributed by atoms with E-state index in [-0.39, 0.29) is 18.8 Å². The number of hydrogen-bond donors (Lipinski definition) is 0. The van der Waals surface area contributed by atoms with Gasteiger partial charge in [-0.05, 0) is 6.92 Å². The molecule has 7 nitrogen and oxygen atoms in total. The zero-order valence-corrected chi connectivity index (χ0v) is 10.6. The molecule has 0 N–H and O–H groups in total. The van der Waals surface area contributed by atoms with E-state index in [9.17, 15) is 4.79 Å². The van der Waals surface area contributed by atoms with Crippen LogP contribution in [0, 0.1) is 11.3 Å². The van der Waals surface area contributed by atoms with Crippen molar-refractivity contribution in [3.63, 3.8) is 0 Å². The van der Waals surface area contributed by atoms with Gasteiger partial charge in [-0.1, -0.05) is 0 Å². The fourth-order valence-electron chi connectivity index (χ4n) is 1.71. The summed E-state index contributed by atoms with van der Waals surface area (Å²) in [5, 5.41) is 13.0. The van der Waals surface area contributed by atoms with E-state index < -0.39 is 5.97 Å². The van der Waals surface area contributed by atoms with Crippen LogP contribution in [0.3, 0.4) is 0 Å². The van der Waals surface area contributed by atoms with Crippen LogP contribution < -0.4 is 0 Å². The first kappa shape index (κ1) is 13.0. The minimum atomic E-state index is -0.488. The van der Waals surface area contributed by atoms with Crippen LogP contribution in [0.25, 0.3) is 5.65 Å². The molecule has 0 aliphatic heterocycles. The van der Waals surface area contributed by atoms with E-state index in [1.807, 2.05) is 6.07 Å². The number of methoxy groups -OCH3 is 1. The normalized spacial score (nSPS) is 10.4. The first-order valence-corrected chi connectivity index (χ1v) is 5.64. The number of carbonyl (C=O) groups excluding carboxylic acids is 1. The summed E-state index contributed by atoms with van der Waals surface area (Å²) in [5.41, 5.74) is 1.52. The van der Waals surface area contributed by atoms with Crippen LogP contribution in [0.1, 0.15) is 28.5 Å². The Balaban J connectivity index is 2.62. The van der Waals surface area contributed by atoms with Crippen LogP contribution in [0.2, 0.25) is 0 Å². The standard InChI is InChI=1S/C12H12N4O3/c1-3-19-12(17)9-6-14-11-8(4-13)5-15-16(11)10(9)7-18-2/h5-6H,3,7H2,1-2H3. The predicted octanol–water partition coefficient (Wildman–Crippen LogP) is 0.924. The summed E-state index contributed by atoms with van der Waals surface area (Å²) in [6, 6.07) is 1.99. The molecule has 7 heteroatoms. The van der Waals surface area contributed by atoms with Crippen molar-refractivity contribution in [1.82, 2.24) is 14.6 Å². The summed E-state index contributed by atoms with van der Waals surface area (Å²) in [6.45, 7) is 2.16. The molecule has 0 saturated carbocycles. The molecule has 98 valence electrons. The van der Waals surface area contributed by atoms with Crippen molar-refractivity contribution in [3.05, 3.63) is 29.2 Å². The number of fused-ring (bicyclic) bond motifs is 1. The highest BCUT2D eigenvalue weighted by molar-refractivity contribution is 5.90. The summed E-state index contributed by atoms with van der Waals surface area (Å²) in [5.74, 6) is -0.488. The molecular weight excluding hydrogens is 248 g/mol. The molecule has 0 amide bonds. The molecule has 0 atom stereocenters. The maximum Gasteiger partial charge on any atom is 0.341 e. The Morgan fingerprint density at radius 3 is 2.95 bits per heavy atom. The van der Waals surface area contributed by atoms with Gasteiger partial charge in [0.2, 0.25) is 0 Å². The number of nitriles is 1. The number of esters is 1. The lowest BCUT2D eigenvalue weighted by Crippen LogP contribution is -2.14. The summed E-state index contributed by atoms with van der Waals surface area (Å²) in [6.07, 6.45) is 2.78. The number of rotatable bonds is 4. The number of nitrogens with zero attached hydrogens (tertiary/aromatic N) is 4. The minimum absolute atomic E-state index is 0.166. The Morgan fingerprint density at radius 1 is 1.53 bits per heavy atom. The molecule has 0 fully saturated rings. The average Bonchev–Trinajstić information content (AvgIpc) is 2.83. The van der Waals surface area contributed by atoms with Gasteiger partial charge >= 0.3 is 5.97 Å². The van der Waals surface area contributed by atoms with Crippen LogP contribution in [0.5, 0.6) is 0 Å². The van der Waals surface area contributed by atoms with Crippen LogP contribution in [0.15, 0.2) is 12.4 Å². The van der Waals surface area contributed by atoms with Crippen LogP contribution in [-0.4, -0.2) is 34.3 Å². The third-order valence-electron chi connectivity index (χ3n) is 2.52. The van der Waals surface area contributed by atoms with Gasteiger partial charge in [0, 0.05) is 13.3 Å². The quantitative estimate of drug-likeness (QED) is 0.759. The molecule has 0 unspecified atom stereocenters. The van der Waals surface area contributed by atoms with Crippen molar-refractivity contribution in [2.45, 2.75) is 13.5 Å². The molecular formula is C12H12N4O3. The van der Waals surface area contributed by atoms with Gasteiger partial charge < -0.3 is 9.47 Å². The molecule has 0 spiro atoms. The van der Waals surface area contributed by atoms with Gasteiger partial charge in [-0.2, -0.15) is 10.4 Å². The molecule has 0 bridgehead atoms. The van der Waals surface area contributed by atoms with Crippen molar-refractivity contribution in [2.24, 2.45) is 0 Å². The lowest BCUT2D eigenvalue weighted by Gasteiger charge is -2.09. The molecule has 2 heterocycles. The van der Waals surface area contributed by atoms with E-state index >= 15 is 0 Å². The molecule has 0 radical (unpaired) electrons. The fourth-order valence-corrected chi connectivity index (χ4v) is 1.71. The number of ether oxygens (including phenoxy) is 2. The SMILES string of the molecule is CCOC(=O)c1cnc2c(C#N)cnn2c1COC. The Morgan fingerprint density at radius 2 is 2.32 bits per heavy atom. The second kappa shape index (κ2) is 5.46. The third-order valence-corrected chi connectivity index (χ3v) is 2.52. The Labute approximate surface area is 109 Å². The minimum Gasteiger partial charge on any atom is -0.462 e. The van der Waals surface area contributed by atoms with E-state index in [1.54, 1.807) is 6.92 Å². The van der Waals surface area contributed by atoms with Gasteiger partial charge in [0.1, 0.15) is 17.2 Å². The maximum absolute atomic E-state index is 11.8. The van der Waals surface area contributed by atoms with Gasteiger partial charge in [0.25, 0.3) is 0 Å². The van der Waals surface area contributed by atoms with E-state index in [0.717, 1.165) is 0 Å². The van der Waals surface area contributed by atoms with Crippen molar-refractivity contribution < 1.29 is 14.3 Å². The fraction of sp³-hybridized carbons (Fsp3) is 0.333. The van der Waals surface area contributed by atoms with E-state index in [2.05, 4.69) is 10.1 Å². The third kappa shape index (κ3) is 2.26. The van der Waals surface area contributed by atoms with Crippen LogP contribution in [-0.2, 0) is 16.1 Å². The van der Waals surface area contributed by atoms with Crippen molar-refractivity contribution in [2.75, 3.05) is 13.7 Å². The molecule has 2 rings (SSSR count). The second-order valence-corrected chi connectivity index (χ2v) is 3.68. The molecule has 19 heavy (non-hydrogen) atoms. The van der Waals surface area contributed by atoms with Gasteiger partial charge in [0.05, 0.1) is 25.1 Å². The zero-order valence-electron chi connectivity index (χ0n) is 10.6.